The topological polar surface area (TPSA) is 55.2 Å². The summed E-state index contributed by atoms with van der Waals surface area (Å²) in [5.74, 6) is -0.246. The van der Waals surface area contributed by atoms with Crippen molar-refractivity contribution in [2.75, 3.05) is 4.90 Å². The molecule has 23 heavy (non-hydrogen) atoms. The molecule has 0 bridgehead atoms. The highest BCUT2D eigenvalue weighted by molar-refractivity contribution is 6.22. The zero-order valence-corrected chi connectivity index (χ0v) is 12.9. The van der Waals surface area contributed by atoms with Gasteiger partial charge in [0.15, 0.2) is 0 Å². The zero-order chi connectivity index (χ0) is 15.8. The second-order valence-corrected chi connectivity index (χ2v) is 6.38. The summed E-state index contributed by atoms with van der Waals surface area (Å²) in [6.45, 7) is 0.629. The molecule has 2 unspecified atom stereocenters. The smallest absolute Gasteiger partial charge is 0.237 e. The summed E-state index contributed by atoms with van der Waals surface area (Å²) in [5.41, 5.74) is 1.72. The normalized spacial score (nSPS) is 24.1. The predicted octanol–water partition coefficient (Wildman–Crippen LogP) is 2.61. The zero-order valence-electron chi connectivity index (χ0n) is 12.9. The van der Waals surface area contributed by atoms with Gasteiger partial charge in [-0.25, -0.2) is 0 Å². The Balaban J connectivity index is 1.62. The molecule has 1 aromatic carbocycles. The molecule has 118 valence electrons. The molecule has 2 aromatic rings. The number of carbonyl (C=O) groups excluding carboxylic acids is 2. The molecule has 0 N–H and O–H groups in total. The maximum absolute atomic E-state index is 12.7. The summed E-state index contributed by atoms with van der Waals surface area (Å²) < 4.78 is 1.83. The van der Waals surface area contributed by atoms with Gasteiger partial charge in [0.05, 0.1) is 24.1 Å². The average molecular weight is 309 g/mol. The van der Waals surface area contributed by atoms with Crippen molar-refractivity contribution in [3.8, 4) is 0 Å². The number of aromatic nitrogens is 2. The number of rotatable bonds is 3. The molecular formula is C18H19N3O2. The van der Waals surface area contributed by atoms with Crippen molar-refractivity contribution >= 4 is 17.5 Å². The van der Waals surface area contributed by atoms with Gasteiger partial charge in [-0.05, 0) is 36.6 Å². The Morgan fingerprint density at radius 1 is 1.04 bits per heavy atom. The lowest BCUT2D eigenvalue weighted by atomic mass is 9.81. The van der Waals surface area contributed by atoms with Crippen molar-refractivity contribution in [3.63, 3.8) is 0 Å². The van der Waals surface area contributed by atoms with Gasteiger partial charge in [-0.1, -0.05) is 25.0 Å². The average Bonchev–Trinajstić information content (AvgIpc) is 3.16. The fourth-order valence-electron chi connectivity index (χ4n) is 3.79. The molecule has 2 amide bonds. The number of imide groups is 1. The second-order valence-electron chi connectivity index (χ2n) is 6.38. The van der Waals surface area contributed by atoms with Gasteiger partial charge in [-0.15, -0.1) is 0 Å². The number of benzene rings is 1. The lowest BCUT2D eigenvalue weighted by Gasteiger charge is -2.19. The molecule has 0 spiro atoms. The van der Waals surface area contributed by atoms with Crippen LogP contribution >= 0.6 is 0 Å². The van der Waals surface area contributed by atoms with E-state index in [2.05, 4.69) is 5.10 Å². The third-order valence-corrected chi connectivity index (χ3v) is 4.91. The van der Waals surface area contributed by atoms with Crippen LogP contribution in [0.25, 0.3) is 0 Å². The van der Waals surface area contributed by atoms with E-state index in [0.29, 0.717) is 12.2 Å². The fourth-order valence-corrected chi connectivity index (χ4v) is 3.79. The lowest BCUT2D eigenvalue weighted by molar-refractivity contribution is -0.122. The molecule has 1 saturated carbocycles. The van der Waals surface area contributed by atoms with Crippen molar-refractivity contribution in [1.82, 2.24) is 9.78 Å². The van der Waals surface area contributed by atoms with E-state index in [1.807, 2.05) is 41.2 Å². The van der Waals surface area contributed by atoms with Crippen LogP contribution < -0.4 is 4.90 Å². The molecule has 5 heteroatoms. The van der Waals surface area contributed by atoms with Crippen LogP contribution in [0.2, 0.25) is 0 Å². The van der Waals surface area contributed by atoms with Crippen LogP contribution in [0.15, 0.2) is 42.7 Å². The van der Waals surface area contributed by atoms with Crippen LogP contribution in [0.3, 0.4) is 0 Å². The van der Waals surface area contributed by atoms with Crippen LogP contribution in [-0.4, -0.2) is 21.6 Å². The molecular weight excluding hydrogens is 290 g/mol. The van der Waals surface area contributed by atoms with Crippen molar-refractivity contribution in [1.29, 1.82) is 0 Å². The van der Waals surface area contributed by atoms with Gasteiger partial charge in [0.25, 0.3) is 0 Å². The maximum atomic E-state index is 12.7. The number of hydrogen-bond acceptors (Lipinski definition) is 3. The molecule has 1 aromatic heterocycles. The first kappa shape index (κ1) is 14.2. The van der Waals surface area contributed by atoms with Gasteiger partial charge in [-0.3, -0.25) is 19.2 Å². The first-order valence-corrected chi connectivity index (χ1v) is 8.18. The summed E-state index contributed by atoms with van der Waals surface area (Å²) in [5, 5.41) is 4.20. The number of anilines is 1. The second kappa shape index (κ2) is 5.65. The predicted molar refractivity (Wildman–Crippen MR) is 85.7 cm³/mol. The number of carbonyl (C=O) groups is 2. The molecule has 4 rings (SSSR count). The van der Waals surface area contributed by atoms with E-state index in [-0.39, 0.29) is 23.7 Å². The van der Waals surface area contributed by atoms with E-state index in [0.717, 1.165) is 31.2 Å². The van der Waals surface area contributed by atoms with E-state index < -0.39 is 0 Å². The molecule has 0 radical (unpaired) electrons. The molecule has 2 atom stereocenters. The molecule has 2 heterocycles. The highest BCUT2D eigenvalue weighted by Crippen LogP contribution is 2.40. The molecule has 5 nitrogen and oxygen atoms in total. The quantitative estimate of drug-likeness (QED) is 0.819. The summed E-state index contributed by atoms with van der Waals surface area (Å²) in [4.78, 5) is 26.7. The highest BCUT2D eigenvalue weighted by atomic mass is 16.2. The summed E-state index contributed by atoms with van der Waals surface area (Å²) in [6, 6.07) is 9.54. The van der Waals surface area contributed by atoms with Gasteiger partial charge in [0, 0.05) is 12.4 Å². The van der Waals surface area contributed by atoms with Gasteiger partial charge >= 0.3 is 0 Å². The van der Waals surface area contributed by atoms with Crippen LogP contribution in [0.1, 0.15) is 31.2 Å². The van der Waals surface area contributed by atoms with Crippen molar-refractivity contribution in [3.05, 3.63) is 48.3 Å². The van der Waals surface area contributed by atoms with Crippen LogP contribution in [0.4, 0.5) is 5.69 Å². The number of amides is 2. The van der Waals surface area contributed by atoms with E-state index in [1.54, 1.807) is 6.20 Å². The first-order valence-electron chi connectivity index (χ1n) is 8.18. The number of hydrogen-bond donors (Lipinski definition) is 0. The van der Waals surface area contributed by atoms with E-state index >= 15 is 0 Å². The summed E-state index contributed by atoms with van der Waals surface area (Å²) in [6.07, 6.45) is 7.42. The fraction of sp³-hybridized carbons (Fsp3) is 0.389. The Kier molecular flexibility index (Phi) is 3.48. The Hall–Kier alpha value is -2.43. The summed E-state index contributed by atoms with van der Waals surface area (Å²) >= 11 is 0. The molecule has 1 aliphatic carbocycles. The Morgan fingerprint density at radius 2 is 1.78 bits per heavy atom. The Morgan fingerprint density at radius 3 is 2.43 bits per heavy atom. The minimum atomic E-state index is -0.106. The molecule has 2 aliphatic rings. The van der Waals surface area contributed by atoms with Gasteiger partial charge < -0.3 is 0 Å². The third kappa shape index (κ3) is 2.46. The van der Waals surface area contributed by atoms with Gasteiger partial charge in [0.1, 0.15) is 0 Å². The van der Waals surface area contributed by atoms with Crippen molar-refractivity contribution in [2.45, 2.75) is 32.2 Å². The minimum Gasteiger partial charge on any atom is -0.274 e. The molecule has 1 aliphatic heterocycles. The minimum absolute atomic E-state index is 0.0176. The maximum Gasteiger partial charge on any atom is 0.237 e. The van der Waals surface area contributed by atoms with Gasteiger partial charge in [-0.2, -0.15) is 5.10 Å². The lowest BCUT2D eigenvalue weighted by Crippen LogP contribution is -2.30. The van der Waals surface area contributed by atoms with Gasteiger partial charge in [0.2, 0.25) is 11.8 Å². The van der Waals surface area contributed by atoms with Crippen molar-refractivity contribution < 1.29 is 9.59 Å². The molecule has 2 fully saturated rings. The third-order valence-electron chi connectivity index (χ3n) is 4.91. The van der Waals surface area contributed by atoms with E-state index in [9.17, 15) is 9.59 Å². The molecule has 1 saturated heterocycles. The monoisotopic (exact) mass is 309 g/mol. The standard InChI is InChI=1S/C18H19N3O2/c22-17-15-7-1-2-8-16(15)18(23)21(17)14-6-3-5-13(11-14)12-20-10-4-9-19-20/h3-6,9-11,15-16H,1-2,7-8,12H2. The first-order chi connectivity index (χ1) is 11.2. The SMILES string of the molecule is O=C1C2CCCCC2C(=O)N1c1cccc(Cn2cccn2)c1. The number of fused-ring (bicyclic) bond motifs is 1. The highest BCUT2D eigenvalue weighted by Gasteiger charge is 2.48. The van der Waals surface area contributed by atoms with E-state index in [1.165, 1.54) is 4.90 Å². The Bertz CT molecular complexity index is 714. The van der Waals surface area contributed by atoms with Crippen LogP contribution in [-0.2, 0) is 16.1 Å². The van der Waals surface area contributed by atoms with Crippen LogP contribution in [0, 0.1) is 11.8 Å². The number of nitrogens with zero attached hydrogens (tertiary/aromatic N) is 3. The Labute approximate surface area is 134 Å². The largest absolute Gasteiger partial charge is 0.274 e. The van der Waals surface area contributed by atoms with Crippen molar-refractivity contribution in [2.24, 2.45) is 11.8 Å². The van der Waals surface area contributed by atoms with Crippen LogP contribution in [0.5, 0.6) is 0 Å². The summed E-state index contributed by atoms with van der Waals surface area (Å²) in [7, 11) is 0. The van der Waals surface area contributed by atoms with E-state index in [4.69, 9.17) is 0 Å².